The average molecular weight is 318 g/mol. The summed E-state index contributed by atoms with van der Waals surface area (Å²) in [7, 11) is 0. The SMILES string of the molecule is C/C=C/CCOc1ccc2cc(CCCCC)oc(=O)c2c1F. The average Bonchev–Trinajstić information content (AvgIpc) is 2.53. The Morgan fingerprint density at radius 1 is 1.30 bits per heavy atom. The zero-order valence-electron chi connectivity index (χ0n) is 13.7. The second kappa shape index (κ2) is 8.51. The van der Waals surface area contributed by atoms with Gasteiger partial charge in [0.05, 0.1) is 6.61 Å². The number of hydrogen-bond acceptors (Lipinski definition) is 3. The van der Waals surface area contributed by atoms with Gasteiger partial charge in [-0.05, 0) is 37.3 Å². The van der Waals surface area contributed by atoms with E-state index in [4.69, 9.17) is 9.15 Å². The summed E-state index contributed by atoms with van der Waals surface area (Å²) >= 11 is 0. The summed E-state index contributed by atoms with van der Waals surface area (Å²) in [4.78, 5) is 12.1. The molecule has 0 atom stereocenters. The summed E-state index contributed by atoms with van der Waals surface area (Å²) in [5.41, 5.74) is -0.634. The van der Waals surface area contributed by atoms with Crippen molar-refractivity contribution in [3.63, 3.8) is 0 Å². The molecule has 0 fully saturated rings. The first-order valence-electron chi connectivity index (χ1n) is 8.16. The molecule has 0 N–H and O–H groups in total. The molecule has 2 aromatic rings. The van der Waals surface area contributed by atoms with Crippen LogP contribution in [0, 0.1) is 5.82 Å². The Kier molecular flexibility index (Phi) is 6.39. The largest absolute Gasteiger partial charge is 0.490 e. The van der Waals surface area contributed by atoms with Crippen molar-refractivity contribution < 1.29 is 13.5 Å². The molecule has 0 spiro atoms. The monoisotopic (exact) mass is 318 g/mol. The Morgan fingerprint density at radius 2 is 2.13 bits per heavy atom. The van der Waals surface area contributed by atoms with E-state index in [0.29, 0.717) is 30.6 Å². The van der Waals surface area contributed by atoms with Crippen LogP contribution < -0.4 is 10.4 Å². The van der Waals surface area contributed by atoms with Gasteiger partial charge in [-0.15, -0.1) is 0 Å². The molecule has 0 saturated heterocycles. The van der Waals surface area contributed by atoms with Crippen molar-refractivity contribution in [2.75, 3.05) is 6.61 Å². The number of hydrogen-bond donors (Lipinski definition) is 0. The third-order valence-corrected chi connectivity index (χ3v) is 3.69. The number of benzene rings is 1. The molecular weight excluding hydrogens is 295 g/mol. The molecule has 0 saturated carbocycles. The summed E-state index contributed by atoms with van der Waals surface area (Å²) in [6.07, 6.45) is 8.38. The molecule has 1 aromatic carbocycles. The van der Waals surface area contributed by atoms with Crippen LogP contribution in [0.25, 0.3) is 10.8 Å². The van der Waals surface area contributed by atoms with Crippen molar-refractivity contribution in [3.05, 3.63) is 52.3 Å². The first-order valence-corrected chi connectivity index (χ1v) is 8.16. The second-order valence-corrected chi connectivity index (χ2v) is 5.51. The summed E-state index contributed by atoms with van der Waals surface area (Å²) in [6, 6.07) is 5.03. The number of allylic oxidation sites excluding steroid dienone is 1. The van der Waals surface area contributed by atoms with E-state index in [9.17, 15) is 9.18 Å². The molecule has 1 aromatic heterocycles. The third-order valence-electron chi connectivity index (χ3n) is 3.69. The molecule has 0 bridgehead atoms. The Hall–Kier alpha value is -2.10. The van der Waals surface area contributed by atoms with Crippen LogP contribution in [0.2, 0.25) is 0 Å². The van der Waals surface area contributed by atoms with Crippen molar-refractivity contribution in [2.24, 2.45) is 0 Å². The van der Waals surface area contributed by atoms with E-state index in [1.54, 1.807) is 18.2 Å². The lowest BCUT2D eigenvalue weighted by atomic mass is 10.1. The number of rotatable bonds is 8. The summed E-state index contributed by atoms with van der Waals surface area (Å²) in [6.45, 7) is 4.40. The van der Waals surface area contributed by atoms with Crippen molar-refractivity contribution >= 4 is 10.8 Å². The first-order chi connectivity index (χ1) is 11.2. The van der Waals surface area contributed by atoms with Gasteiger partial charge in [-0.1, -0.05) is 38.0 Å². The van der Waals surface area contributed by atoms with Gasteiger partial charge >= 0.3 is 5.63 Å². The molecule has 3 nitrogen and oxygen atoms in total. The molecule has 1 heterocycles. The molecule has 0 radical (unpaired) electrons. The van der Waals surface area contributed by atoms with Gasteiger partial charge in [0.2, 0.25) is 0 Å². The zero-order chi connectivity index (χ0) is 16.7. The maximum Gasteiger partial charge on any atom is 0.346 e. The highest BCUT2D eigenvalue weighted by atomic mass is 19.1. The lowest BCUT2D eigenvalue weighted by Gasteiger charge is -2.08. The highest BCUT2D eigenvalue weighted by Crippen LogP contribution is 2.25. The fraction of sp³-hybridized carbons (Fsp3) is 0.421. The molecule has 4 heteroatoms. The van der Waals surface area contributed by atoms with Crippen LogP contribution >= 0.6 is 0 Å². The van der Waals surface area contributed by atoms with Crippen LogP contribution in [0.1, 0.15) is 45.3 Å². The van der Waals surface area contributed by atoms with Gasteiger partial charge in [-0.2, -0.15) is 0 Å². The van der Waals surface area contributed by atoms with Gasteiger partial charge in [0.1, 0.15) is 11.1 Å². The van der Waals surface area contributed by atoms with E-state index in [2.05, 4.69) is 6.92 Å². The predicted molar refractivity (Wildman–Crippen MR) is 90.6 cm³/mol. The van der Waals surface area contributed by atoms with E-state index in [1.165, 1.54) is 0 Å². The number of aryl methyl sites for hydroxylation is 1. The Labute approximate surface area is 135 Å². The molecular formula is C19H23FO3. The van der Waals surface area contributed by atoms with E-state index >= 15 is 0 Å². The Balaban J connectivity index is 2.25. The van der Waals surface area contributed by atoms with Gasteiger partial charge in [-0.25, -0.2) is 9.18 Å². The van der Waals surface area contributed by atoms with Gasteiger partial charge in [-0.3, -0.25) is 0 Å². The minimum atomic E-state index is -0.642. The Morgan fingerprint density at radius 3 is 2.87 bits per heavy atom. The first kappa shape index (κ1) is 17.3. The molecule has 0 amide bonds. The van der Waals surface area contributed by atoms with E-state index in [1.807, 2.05) is 19.1 Å². The van der Waals surface area contributed by atoms with Crippen LogP contribution in [0.5, 0.6) is 5.75 Å². The minimum Gasteiger partial charge on any atom is -0.490 e. The van der Waals surface area contributed by atoms with Crippen molar-refractivity contribution in [2.45, 2.75) is 46.0 Å². The molecule has 0 aliphatic heterocycles. The van der Waals surface area contributed by atoms with E-state index in [0.717, 1.165) is 19.3 Å². The summed E-state index contributed by atoms with van der Waals surface area (Å²) in [5, 5.41) is 0.527. The molecule has 2 rings (SSSR count). The highest BCUT2D eigenvalue weighted by molar-refractivity contribution is 5.83. The zero-order valence-corrected chi connectivity index (χ0v) is 13.7. The predicted octanol–water partition coefficient (Wildman–Crippen LogP) is 5.01. The van der Waals surface area contributed by atoms with E-state index in [-0.39, 0.29) is 11.1 Å². The lowest BCUT2D eigenvalue weighted by molar-refractivity contribution is 0.309. The quantitative estimate of drug-likeness (QED) is 0.507. The number of unbranched alkanes of at least 4 members (excludes halogenated alkanes) is 2. The van der Waals surface area contributed by atoms with Crippen LogP contribution in [-0.2, 0) is 6.42 Å². The van der Waals surface area contributed by atoms with Crippen molar-refractivity contribution in [3.8, 4) is 5.75 Å². The number of halogens is 1. The maximum absolute atomic E-state index is 14.5. The van der Waals surface area contributed by atoms with Crippen LogP contribution in [-0.4, -0.2) is 6.61 Å². The van der Waals surface area contributed by atoms with Gasteiger partial charge in [0, 0.05) is 6.42 Å². The normalized spacial score (nSPS) is 11.4. The molecule has 0 aliphatic carbocycles. The summed E-state index contributed by atoms with van der Waals surface area (Å²) < 4.78 is 25.1. The maximum atomic E-state index is 14.5. The molecule has 0 aliphatic rings. The van der Waals surface area contributed by atoms with E-state index < -0.39 is 11.4 Å². The topological polar surface area (TPSA) is 39.4 Å². The highest BCUT2D eigenvalue weighted by Gasteiger charge is 2.14. The van der Waals surface area contributed by atoms with Crippen LogP contribution in [0.15, 0.2) is 39.6 Å². The van der Waals surface area contributed by atoms with Crippen molar-refractivity contribution in [1.29, 1.82) is 0 Å². The fourth-order valence-corrected chi connectivity index (χ4v) is 2.46. The van der Waals surface area contributed by atoms with Gasteiger partial charge in [0.15, 0.2) is 11.6 Å². The van der Waals surface area contributed by atoms with Crippen LogP contribution in [0.4, 0.5) is 4.39 Å². The van der Waals surface area contributed by atoms with Gasteiger partial charge in [0.25, 0.3) is 0 Å². The fourth-order valence-electron chi connectivity index (χ4n) is 2.46. The van der Waals surface area contributed by atoms with Crippen molar-refractivity contribution in [1.82, 2.24) is 0 Å². The molecule has 124 valence electrons. The third kappa shape index (κ3) is 4.44. The second-order valence-electron chi connectivity index (χ2n) is 5.51. The smallest absolute Gasteiger partial charge is 0.346 e. The van der Waals surface area contributed by atoms with Crippen LogP contribution in [0.3, 0.4) is 0 Å². The number of ether oxygens (including phenoxy) is 1. The number of fused-ring (bicyclic) bond motifs is 1. The molecule has 0 unspecified atom stereocenters. The summed E-state index contributed by atoms with van der Waals surface area (Å²) in [5.74, 6) is 0.0574. The Bertz CT molecular complexity index is 731. The molecule has 23 heavy (non-hydrogen) atoms. The lowest BCUT2D eigenvalue weighted by Crippen LogP contribution is -2.07. The standard InChI is InChI=1S/C19H23FO3/c1-3-5-7-9-15-13-14-10-11-16(22-12-8-6-4-2)18(20)17(14)19(21)23-15/h4,6,10-11,13H,3,5,7-9,12H2,1-2H3/b6-4+. The van der Waals surface area contributed by atoms with Gasteiger partial charge < -0.3 is 9.15 Å². The minimum absolute atomic E-state index is 0.0345.